The average molecular weight is 658 g/mol. The Kier molecular flexibility index (Phi) is 7.12. The molecule has 2 saturated heterocycles. The van der Waals surface area contributed by atoms with Crippen molar-refractivity contribution in [3.05, 3.63) is 60.4 Å². The largest absolute Gasteiger partial charge is 0.465 e. The normalized spacial score (nSPS) is 21.2. The van der Waals surface area contributed by atoms with Crippen molar-refractivity contribution in [2.45, 2.75) is 42.9 Å². The van der Waals surface area contributed by atoms with Gasteiger partial charge < -0.3 is 25.0 Å². The van der Waals surface area contributed by atoms with Gasteiger partial charge >= 0.3 is 12.3 Å². The van der Waals surface area contributed by atoms with E-state index in [0.29, 0.717) is 51.3 Å². The topological polar surface area (TPSA) is 143 Å². The van der Waals surface area contributed by atoms with E-state index in [0.717, 1.165) is 16.6 Å². The van der Waals surface area contributed by atoms with E-state index in [2.05, 4.69) is 15.3 Å². The predicted octanol–water partition coefficient (Wildman–Crippen LogP) is 4.53. The van der Waals surface area contributed by atoms with E-state index >= 15 is 0 Å². The summed E-state index contributed by atoms with van der Waals surface area (Å²) in [5.74, 6) is 0.393. The van der Waals surface area contributed by atoms with E-state index in [1.165, 1.54) is 17.0 Å². The lowest BCUT2D eigenvalue weighted by molar-refractivity contribution is -0.137. The zero-order chi connectivity index (χ0) is 32.4. The van der Waals surface area contributed by atoms with E-state index in [1.54, 1.807) is 30.3 Å². The summed E-state index contributed by atoms with van der Waals surface area (Å²) in [4.78, 5) is 27.5. The third-order valence-electron chi connectivity index (χ3n) is 9.17. The summed E-state index contributed by atoms with van der Waals surface area (Å²) in [5, 5.41) is 12.6. The van der Waals surface area contributed by atoms with E-state index in [4.69, 9.17) is 9.72 Å². The summed E-state index contributed by atoms with van der Waals surface area (Å²) < 4.78 is 77.7. The van der Waals surface area contributed by atoms with Gasteiger partial charge in [0.15, 0.2) is 5.65 Å². The minimum atomic E-state index is -4.86. The predicted molar refractivity (Wildman–Crippen MR) is 161 cm³/mol. The van der Waals surface area contributed by atoms with Crippen molar-refractivity contribution in [1.82, 2.24) is 23.8 Å². The van der Waals surface area contributed by atoms with Crippen LogP contribution in [0.15, 0.2) is 59.8 Å². The van der Waals surface area contributed by atoms with Crippen LogP contribution in [0.1, 0.15) is 25.3 Å². The minimum absolute atomic E-state index is 0.0440. The van der Waals surface area contributed by atoms with Crippen molar-refractivity contribution in [3.8, 4) is 11.3 Å². The second-order valence-electron chi connectivity index (χ2n) is 12.0. The molecule has 16 heteroatoms. The number of halogens is 3. The molecule has 4 aromatic rings. The van der Waals surface area contributed by atoms with Crippen LogP contribution in [0.3, 0.4) is 0 Å². The fourth-order valence-electron chi connectivity index (χ4n) is 6.54. The number of likely N-dealkylation sites (tertiary alicyclic amines) is 1. The lowest BCUT2D eigenvalue weighted by atomic mass is 9.59. The number of nitrogens with zero attached hydrogens (tertiary/aromatic N) is 6. The Morgan fingerprint density at radius 2 is 1.89 bits per heavy atom. The Morgan fingerprint density at radius 3 is 2.54 bits per heavy atom. The molecule has 1 amide bonds. The Balaban J connectivity index is 1.36. The highest BCUT2D eigenvalue weighted by molar-refractivity contribution is 7.90. The molecular formula is C30H30F3N7O5S. The Labute approximate surface area is 261 Å². The van der Waals surface area contributed by atoms with Gasteiger partial charge in [0.05, 0.1) is 29.8 Å². The van der Waals surface area contributed by atoms with Crippen LogP contribution in [-0.4, -0.2) is 88.4 Å². The van der Waals surface area contributed by atoms with E-state index in [9.17, 15) is 31.5 Å². The van der Waals surface area contributed by atoms with Crippen LogP contribution in [-0.2, 0) is 20.9 Å². The molecule has 3 aromatic heterocycles. The van der Waals surface area contributed by atoms with Crippen molar-refractivity contribution in [2.75, 3.05) is 43.1 Å². The molecule has 0 unspecified atom stereocenters. The molecule has 46 heavy (non-hydrogen) atoms. The molecule has 2 atom stereocenters. The summed E-state index contributed by atoms with van der Waals surface area (Å²) in [6.07, 6.45) is -2.62. The van der Waals surface area contributed by atoms with Crippen LogP contribution >= 0.6 is 0 Å². The quantitative estimate of drug-likeness (QED) is 0.304. The summed E-state index contributed by atoms with van der Waals surface area (Å²) >= 11 is 0. The molecule has 1 aliphatic carbocycles. The van der Waals surface area contributed by atoms with Gasteiger partial charge in [-0.1, -0.05) is 18.2 Å². The number of carbonyl (C=O) groups is 1. The third-order valence-corrected chi connectivity index (χ3v) is 10.8. The number of fused-ring (bicyclic) bond motifs is 1. The third kappa shape index (κ3) is 4.99. The molecule has 1 saturated carbocycles. The van der Waals surface area contributed by atoms with Gasteiger partial charge in [-0.2, -0.15) is 13.2 Å². The number of morpholine rings is 1. The molecule has 7 rings (SSSR count). The summed E-state index contributed by atoms with van der Waals surface area (Å²) in [5.41, 5.74) is -2.09. The van der Waals surface area contributed by atoms with Crippen LogP contribution in [0.4, 0.5) is 29.7 Å². The molecule has 1 spiro atoms. The average Bonchev–Trinajstić information content (AvgIpc) is 3.38. The number of alkyl halides is 3. The van der Waals surface area contributed by atoms with Gasteiger partial charge in [-0.15, -0.1) is 0 Å². The highest BCUT2D eigenvalue weighted by Crippen LogP contribution is 2.49. The maximum absolute atomic E-state index is 14.4. The number of rotatable bonds is 6. The second-order valence-corrected chi connectivity index (χ2v) is 13.8. The van der Waals surface area contributed by atoms with Gasteiger partial charge in [0.25, 0.3) is 10.0 Å². The zero-order valence-corrected chi connectivity index (χ0v) is 25.4. The molecule has 3 aliphatic rings. The van der Waals surface area contributed by atoms with Crippen molar-refractivity contribution in [3.63, 3.8) is 0 Å². The number of amides is 1. The first-order valence-corrected chi connectivity index (χ1v) is 16.2. The standard InChI is InChI=1S/C30H30F3N7O5S/c1-18-15-45-12-11-39(18)24-8-7-20-21(14-40(26(20)36-24)46(43,44)19-5-3-2-4-6-19)25-22(30(31,32)33)13-34-27(37-25)35-23-9-10-29(23)16-38(17-29)28(41)42/h2-8,13-14,18,23H,9-12,15-17H2,1H3,(H,41,42)(H,34,35,37)/t18-,23+/m0/s1. The number of hydrogen-bond acceptors (Lipinski definition) is 9. The first-order chi connectivity index (χ1) is 21.9. The molecular weight excluding hydrogens is 627 g/mol. The van der Waals surface area contributed by atoms with Crippen LogP contribution < -0.4 is 10.2 Å². The first kappa shape index (κ1) is 30.2. The van der Waals surface area contributed by atoms with Crippen molar-refractivity contribution >= 4 is 38.9 Å². The van der Waals surface area contributed by atoms with Crippen LogP contribution in [0.5, 0.6) is 0 Å². The lowest BCUT2D eigenvalue weighted by Crippen LogP contribution is -2.69. The molecule has 3 fully saturated rings. The Hall–Kier alpha value is -4.44. The summed E-state index contributed by atoms with van der Waals surface area (Å²) in [6, 6.07) is 10.5. The monoisotopic (exact) mass is 657 g/mol. The number of ether oxygens (including phenoxy) is 1. The molecule has 5 heterocycles. The van der Waals surface area contributed by atoms with Crippen LogP contribution in [0.2, 0.25) is 0 Å². The smallest absolute Gasteiger partial charge is 0.419 e. The molecule has 2 N–H and O–H groups in total. The highest BCUT2D eigenvalue weighted by Gasteiger charge is 2.56. The lowest BCUT2D eigenvalue weighted by Gasteiger charge is -2.59. The van der Waals surface area contributed by atoms with Crippen molar-refractivity contribution in [1.29, 1.82) is 0 Å². The maximum Gasteiger partial charge on any atom is 0.419 e. The molecule has 242 valence electrons. The number of aromatic nitrogens is 4. The van der Waals surface area contributed by atoms with Gasteiger partial charge in [0.2, 0.25) is 5.95 Å². The molecule has 1 aromatic carbocycles. The van der Waals surface area contributed by atoms with Gasteiger partial charge in [0, 0.05) is 54.4 Å². The van der Waals surface area contributed by atoms with Crippen LogP contribution in [0, 0.1) is 5.41 Å². The van der Waals surface area contributed by atoms with Gasteiger partial charge in [-0.25, -0.2) is 32.1 Å². The number of anilines is 2. The van der Waals surface area contributed by atoms with Gasteiger partial charge in [-0.3, -0.25) is 0 Å². The summed E-state index contributed by atoms with van der Waals surface area (Å²) in [7, 11) is -4.29. The van der Waals surface area contributed by atoms with E-state index < -0.39 is 33.6 Å². The minimum Gasteiger partial charge on any atom is -0.465 e. The first-order valence-electron chi connectivity index (χ1n) is 14.7. The van der Waals surface area contributed by atoms with E-state index in [1.807, 2.05) is 11.8 Å². The summed E-state index contributed by atoms with van der Waals surface area (Å²) in [6.45, 7) is 3.96. The second kappa shape index (κ2) is 10.8. The molecule has 2 aliphatic heterocycles. The Morgan fingerprint density at radius 1 is 1.13 bits per heavy atom. The van der Waals surface area contributed by atoms with Crippen LogP contribution in [0.25, 0.3) is 22.3 Å². The fourth-order valence-corrected chi connectivity index (χ4v) is 7.88. The number of benzene rings is 1. The van der Waals surface area contributed by atoms with Crippen molar-refractivity contribution in [2.24, 2.45) is 5.41 Å². The zero-order valence-electron chi connectivity index (χ0n) is 24.6. The Bertz CT molecular complexity index is 1930. The SMILES string of the molecule is C[C@H]1COCCN1c1ccc2c(-c3nc(N[C@@H]4CCC45CN(C(=O)O)C5)ncc3C(F)(F)F)cn(S(=O)(=O)c3ccccc3)c2n1. The fraction of sp³-hybridized carbons (Fsp3) is 0.400. The number of nitrogens with one attached hydrogen (secondary N) is 1. The van der Waals surface area contributed by atoms with E-state index in [-0.39, 0.29) is 44.9 Å². The highest BCUT2D eigenvalue weighted by atomic mass is 32.2. The maximum atomic E-state index is 14.4. The van der Waals surface area contributed by atoms with Gasteiger partial charge in [0.1, 0.15) is 11.4 Å². The number of hydrogen-bond donors (Lipinski definition) is 2. The number of carboxylic acid groups (broad SMARTS) is 1. The van der Waals surface area contributed by atoms with Gasteiger partial charge in [-0.05, 0) is 44.0 Å². The molecule has 0 bridgehead atoms. The van der Waals surface area contributed by atoms with Crippen molar-refractivity contribution < 1.29 is 36.2 Å². The molecule has 12 nitrogen and oxygen atoms in total. The number of pyridine rings is 1. The molecule has 0 radical (unpaired) electrons.